The Labute approximate surface area is 201 Å². The molecule has 1 aliphatic carbocycles. The molecular formula is C28H29FeNO2. The molecule has 0 bridgehead atoms. The number of methoxy groups -OCH3 is 1. The fourth-order valence-corrected chi connectivity index (χ4v) is 3.42. The number of nitrogens with zero attached hydrogens (tertiary/aromatic N) is 1. The van der Waals surface area contributed by atoms with E-state index in [1.165, 1.54) is 29.4 Å². The van der Waals surface area contributed by atoms with Crippen molar-refractivity contribution < 1.29 is 26.9 Å². The molecule has 0 unspecified atom stereocenters. The molecule has 4 heteroatoms. The maximum Gasteiger partial charge on any atom is 2.00 e. The third-order valence-electron chi connectivity index (χ3n) is 4.94. The Bertz CT molecular complexity index is 1120. The second-order valence-electron chi connectivity index (χ2n) is 7.77. The normalized spacial score (nSPS) is 12.0. The Morgan fingerprint density at radius 2 is 1.66 bits per heavy atom. The van der Waals surface area contributed by atoms with E-state index in [9.17, 15) is 5.11 Å². The average molecular weight is 467 g/mol. The average Bonchev–Trinajstić information content (AvgIpc) is 3.46. The van der Waals surface area contributed by atoms with Gasteiger partial charge in [-0.1, -0.05) is 66.7 Å². The third kappa shape index (κ3) is 7.65. The van der Waals surface area contributed by atoms with Gasteiger partial charge in [0, 0.05) is 6.54 Å². The SMILES string of the molecule is COC([O-])=c1ccc(=C2C=CC(CN(C)C)=C2)cc1.[Fe+2].c1ccc(Cc2ccc[cH-]2)cc1. The monoisotopic (exact) mass is 467 g/mol. The molecule has 0 fully saturated rings. The van der Waals surface area contributed by atoms with Gasteiger partial charge in [-0.25, -0.2) is 12.1 Å². The van der Waals surface area contributed by atoms with Crippen molar-refractivity contribution in [2.45, 2.75) is 6.42 Å². The van der Waals surface area contributed by atoms with Crippen molar-refractivity contribution in [3.63, 3.8) is 0 Å². The Morgan fingerprint density at radius 1 is 0.938 bits per heavy atom. The first-order chi connectivity index (χ1) is 15.0. The van der Waals surface area contributed by atoms with Crippen molar-refractivity contribution in [2.75, 3.05) is 27.7 Å². The zero-order chi connectivity index (χ0) is 22.1. The van der Waals surface area contributed by atoms with Crippen LogP contribution in [0.1, 0.15) is 11.1 Å². The van der Waals surface area contributed by atoms with Gasteiger partial charge in [0.1, 0.15) is 0 Å². The van der Waals surface area contributed by atoms with Crippen LogP contribution >= 0.6 is 0 Å². The molecule has 0 saturated carbocycles. The van der Waals surface area contributed by atoms with Crippen LogP contribution in [0, 0.1) is 0 Å². The van der Waals surface area contributed by atoms with E-state index in [4.69, 9.17) is 0 Å². The van der Waals surface area contributed by atoms with E-state index in [-0.39, 0.29) is 23.0 Å². The molecular weight excluding hydrogens is 438 g/mol. The van der Waals surface area contributed by atoms with Gasteiger partial charge in [0.15, 0.2) is 0 Å². The second kappa shape index (κ2) is 12.8. The van der Waals surface area contributed by atoms with Crippen molar-refractivity contribution in [1.29, 1.82) is 0 Å². The van der Waals surface area contributed by atoms with Crippen molar-refractivity contribution in [3.05, 3.63) is 124 Å². The number of benzene rings is 2. The summed E-state index contributed by atoms with van der Waals surface area (Å²) >= 11 is 0. The number of likely N-dealkylation sites (N-methyl/N-ethyl adjacent to an activating group) is 1. The van der Waals surface area contributed by atoms with Gasteiger partial charge >= 0.3 is 17.1 Å². The summed E-state index contributed by atoms with van der Waals surface area (Å²) in [7, 11) is 5.50. The first-order valence-electron chi connectivity index (χ1n) is 10.4. The summed E-state index contributed by atoms with van der Waals surface area (Å²) < 4.78 is 4.69. The van der Waals surface area contributed by atoms with Crippen LogP contribution < -0.4 is 15.5 Å². The van der Waals surface area contributed by atoms with E-state index in [1.807, 2.05) is 12.1 Å². The van der Waals surface area contributed by atoms with Crippen molar-refractivity contribution in [2.24, 2.45) is 0 Å². The summed E-state index contributed by atoms with van der Waals surface area (Å²) in [5.41, 5.74) is 5.23. The summed E-state index contributed by atoms with van der Waals surface area (Å²) in [5, 5.41) is 13.0. The zero-order valence-electron chi connectivity index (χ0n) is 18.8. The van der Waals surface area contributed by atoms with Crippen molar-refractivity contribution in [3.8, 4) is 0 Å². The van der Waals surface area contributed by atoms with Gasteiger partial charge in [-0.3, -0.25) is 0 Å². The minimum atomic E-state index is -0.303. The first kappa shape index (κ1) is 25.4. The summed E-state index contributed by atoms with van der Waals surface area (Å²) in [5.74, 6) is -0.303. The van der Waals surface area contributed by atoms with Gasteiger partial charge < -0.3 is 14.7 Å². The van der Waals surface area contributed by atoms with E-state index >= 15 is 0 Å². The third-order valence-corrected chi connectivity index (χ3v) is 4.94. The first-order valence-corrected chi connectivity index (χ1v) is 10.4. The molecule has 166 valence electrons. The number of hydrogen-bond donors (Lipinski definition) is 0. The van der Waals surface area contributed by atoms with Gasteiger partial charge in [-0.15, -0.1) is 0 Å². The minimum absolute atomic E-state index is 0. The molecule has 0 radical (unpaired) electrons. The zero-order valence-corrected chi connectivity index (χ0v) is 19.9. The van der Waals surface area contributed by atoms with Gasteiger partial charge in [-0.2, -0.15) is 17.7 Å². The van der Waals surface area contributed by atoms with Crippen LogP contribution in [0.4, 0.5) is 0 Å². The quantitative estimate of drug-likeness (QED) is 0.428. The Hall–Kier alpha value is -2.91. The maximum absolute atomic E-state index is 11.4. The smallest absolute Gasteiger partial charge is 0.616 e. The number of hydrogen-bond acceptors (Lipinski definition) is 3. The molecule has 0 heterocycles. The van der Waals surface area contributed by atoms with E-state index in [2.05, 4.69) is 96.6 Å². The summed E-state index contributed by atoms with van der Waals surface area (Å²) in [6.07, 6.45) is 7.45. The Kier molecular flexibility index (Phi) is 10.2. The van der Waals surface area contributed by atoms with Crippen LogP contribution in [0.25, 0.3) is 11.5 Å². The number of ether oxygens (including phenoxy) is 1. The van der Waals surface area contributed by atoms with Gasteiger partial charge in [0.2, 0.25) is 0 Å². The molecule has 3 nitrogen and oxygen atoms in total. The molecule has 0 spiro atoms. The summed E-state index contributed by atoms with van der Waals surface area (Å²) in [6.45, 7) is 0.931. The molecule has 0 saturated heterocycles. The second-order valence-corrected chi connectivity index (χ2v) is 7.77. The van der Waals surface area contributed by atoms with E-state index in [1.54, 1.807) is 12.1 Å². The standard InChI is InChI=1S/C16H19NO2.C12H11.Fe/c1-17(2)11-12-4-5-15(10-12)13-6-8-14(9-7-13)16(18)19-3;1-2-6-11(7-3-1)10-12-8-4-5-9-12;/h4-10,18H,11H2,1-3H3;1-9H,10H2;/q;-1;+2/p-1. The Morgan fingerprint density at radius 3 is 2.25 bits per heavy atom. The molecule has 1 aliphatic rings. The summed E-state index contributed by atoms with van der Waals surface area (Å²) in [4.78, 5) is 2.14. The van der Waals surface area contributed by atoms with Crippen LogP contribution in [-0.2, 0) is 28.2 Å². The molecule has 0 atom stereocenters. The van der Waals surface area contributed by atoms with Crippen LogP contribution in [0.3, 0.4) is 0 Å². The van der Waals surface area contributed by atoms with Crippen molar-refractivity contribution >= 4 is 11.5 Å². The number of rotatable bonds is 5. The molecule has 0 N–H and O–H groups in total. The topological polar surface area (TPSA) is 35.5 Å². The fraction of sp³-hybridized carbons (Fsp3) is 0.179. The Balaban J connectivity index is 0.000000241. The van der Waals surface area contributed by atoms with E-state index in [0.717, 1.165) is 18.2 Å². The van der Waals surface area contributed by atoms with Gasteiger partial charge in [0.05, 0.1) is 5.95 Å². The molecule has 0 amide bonds. The van der Waals surface area contributed by atoms with Crippen LogP contribution in [0.2, 0.25) is 0 Å². The number of allylic oxidation sites excluding steroid dienone is 2. The molecule has 0 aliphatic heterocycles. The molecule has 3 aromatic rings. The predicted octanol–water partition coefficient (Wildman–Crippen LogP) is 2.96. The molecule has 3 aromatic carbocycles. The van der Waals surface area contributed by atoms with Crippen LogP contribution in [-0.4, -0.2) is 32.6 Å². The molecule has 0 aromatic heterocycles. The molecule has 4 rings (SSSR count). The minimum Gasteiger partial charge on any atom is -0.616 e. The van der Waals surface area contributed by atoms with Gasteiger partial charge in [0.25, 0.3) is 0 Å². The summed E-state index contributed by atoms with van der Waals surface area (Å²) in [6, 6.07) is 26.5. The maximum atomic E-state index is 11.4. The van der Waals surface area contributed by atoms with Crippen LogP contribution in [0.15, 0.2) is 103 Å². The van der Waals surface area contributed by atoms with Crippen molar-refractivity contribution in [1.82, 2.24) is 4.90 Å². The predicted molar refractivity (Wildman–Crippen MR) is 127 cm³/mol. The van der Waals surface area contributed by atoms with Gasteiger partial charge in [-0.05, 0) is 60.8 Å². The van der Waals surface area contributed by atoms with E-state index < -0.39 is 0 Å². The molecule has 32 heavy (non-hydrogen) atoms. The largest absolute Gasteiger partial charge is 2.00 e. The van der Waals surface area contributed by atoms with Crippen LogP contribution in [0.5, 0.6) is 0 Å². The fourth-order valence-electron chi connectivity index (χ4n) is 3.42. The van der Waals surface area contributed by atoms with E-state index in [0.29, 0.717) is 5.22 Å².